The minimum Gasteiger partial charge on any atom is -0.343 e. The molecule has 0 aliphatic heterocycles. The highest BCUT2D eigenvalue weighted by molar-refractivity contribution is 5.97. The lowest BCUT2D eigenvalue weighted by atomic mass is 9.99. The van der Waals surface area contributed by atoms with E-state index in [9.17, 15) is 9.59 Å². The molecular weight excluding hydrogens is 410 g/mol. The number of anilines is 1. The van der Waals surface area contributed by atoms with Gasteiger partial charge in [-0.15, -0.1) is 0 Å². The number of aryl methyl sites for hydroxylation is 3. The summed E-state index contributed by atoms with van der Waals surface area (Å²) in [6.07, 6.45) is 2.06. The maximum Gasteiger partial charge on any atom is 0.246 e. The number of benzene rings is 2. The number of carbonyl (C=O) groups excluding carboxylic acids is 2. The highest BCUT2D eigenvalue weighted by atomic mass is 16.2. The highest BCUT2D eigenvalue weighted by Crippen LogP contribution is 2.14. The highest BCUT2D eigenvalue weighted by Gasteiger charge is 2.26. The largest absolute Gasteiger partial charge is 0.343 e. The van der Waals surface area contributed by atoms with Crippen LogP contribution in [-0.4, -0.2) is 30.4 Å². The molecule has 182 valence electrons. The van der Waals surface area contributed by atoms with Gasteiger partial charge in [0.05, 0.1) is 6.04 Å². The van der Waals surface area contributed by atoms with Crippen LogP contribution in [0.2, 0.25) is 0 Å². The van der Waals surface area contributed by atoms with Crippen LogP contribution in [0.5, 0.6) is 0 Å². The van der Waals surface area contributed by atoms with Crippen LogP contribution in [0, 0.1) is 19.8 Å². The molecule has 2 atom stereocenters. The fourth-order valence-electron chi connectivity index (χ4n) is 3.57. The standard InChI is InChI=1S/C26H37N3O2.C2H6/c1-6-27-23(15-14-21-13-12-19(4)20(5)17-21)25(30)29-24(16-18(2)3)26(31)28-22-10-8-7-9-11-22;1-2/h7-13,17-18,23-24,27H,6,14-16H2,1-5H3,(H,28,31)(H,29,30);1-2H3/t23-,24-;/m0./s1. The molecule has 2 amide bonds. The summed E-state index contributed by atoms with van der Waals surface area (Å²) in [5.74, 6) is -0.0304. The summed E-state index contributed by atoms with van der Waals surface area (Å²) in [7, 11) is 0. The Labute approximate surface area is 200 Å². The first-order valence-corrected chi connectivity index (χ1v) is 12.3. The molecule has 0 radical (unpaired) electrons. The van der Waals surface area contributed by atoms with E-state index in [2.05, 4.69) is 61.8 Å². The Balaban J connectivity index is 0.00000265. The first-order valence-electron chi connectivity index (χ1n) is 12.3. The molecule has 0 aliphatic carbocycles. The van der Waals surface area contributed by atoms with Crippen LogP contribution < -0.4 is 16.0 Å². The fourth-order valence-corrected chi connectivity index (χ4v) is 3.57. The second-order valence-corrected chi connectivity index (χ2v) is 8.61. The third-order valence-corrected chi connectivity index (χ3v) is 5.44. The number of hydrogen-bond acceptors (Lipinski definition) is 3. The number of amides is 2. The number of para-hydroxylation sites is 1. The topological polar surface area (TPSA) is 70.2 Å². The second kappa shape index (κ2) is 15.2. The van der Waals surface area contributed by atoms with Gasteiger partial charge in [0.2, 0.25) is 11.8 Å². The smallest absolute Gasteiger partial charge is 0.246 e. The van der Waals surface area contributed by atoms with Crippen molar-refractivity contribution in [2.24, 2.45) is 5.92 Å². The summed E-state index contributed by atoms with van der Waals surface area (Å²) in [4.78, 5) is 25.9. The molecule has 0 saturated heterocycles. The molecule has 0 unspecified atom stereocenters. The molecule has 2 aromatic carbocycles. The Morgan fingerprint density at radius 3 is 2.12 bits per heavy atom. The Morgan fingerprint density at radius 1 is 0.879 bits per heavy atom. The van der Waals surface area contributed by atoms with Crippen LogP contribution >= 0.6 is 0 Å². The van der Waals surface area contributed by atoms with Crippen LogP contribution in [-0.2, 0) is 16.0 Å². The second-order valence-electron chi connectivity index (χ2n) is 8.61. The minimum atomic E-state index is -0.574. The van der Waals surface area contributed by atoms with E-state index in [1.54, 1.807) is 0 Å². The summed E-state index contributed by atoms with van der Waals surface area (Å²) in [6, 6.07) is 14.9. The van der Waals surface area contributed by atoms with Crippen LogP contribution in [0.4, 0.5) is 5.69 Å². The van der Waals surface area contributed by atoms with Gasteiger partial charge >= 0.3 is 0 Å². The van der Waals surface area contributed by atoms with Gasteiger partial charge in [-0.05, 0) is 74.4 Å². The predicted molar refractivity (Wildman–Crippen MR) is 140 cm³/mol. The number of hydrogen-bond donors (Lipinski definition) is 3. The SMILES string of the molecule is CC.CCN[C@@H](CCc1ccc(C)c(C)c1)C(=O)N[C@@H](CC(C)C)C(=O)Nc1ccccc1. The summed E-state index contributed by atoms with van der Waals surface area (Å²) in [5, 5.41) is 9.20. The average Bonchev–Trinajstić information content (AvgIpc) is 2.80. The van der Waals surface area contributed by atoms with E-state index in [1.807, 2.05) is 51.1 Å². The lowest BCUT2D eigenvalue weighted by molar-refractivity contribution is -0.128. The van der Waals surface area contributed by atoms with E-state index in [0.717, 1.165) is 12.1 Å². The summed E-state index contributed by atoms with van der Waals surface area (Å²) >= 11 is 0. The van der Waals surface area contributed by atoms with Crippen molar-refractivity contribution in [2.45, 2.75) is 79.8 Å². The molecular formula is C28H43N3O2. The lowest BCUT2D eigenvalue weighted by Gasteiger charge is -2.24. The normalized spacial score (nSPS) is 12.4. The molecule has 2 rings (SSSR count). The van der Waals surface area contributed by atoms with Crippen molar-refractivity contribution in [3.8, 4) is 0 Å². The summed E-state index contributed by atoms with van der Waals surface area (Å²) < 4.78 is 0. The molecule has 0 spiro atoms. The monoisotopic (exact) mass is 453 g/mol. The number of nitrogens with one attached hydrogen (secondary N) is 3. The minimum absolute atomic E-state index is 0.125. The van der Waals surface area contributed by atoms with Crippen LogP contribution in [0.15, 0.2) is 48.5 Å². The molecule has 5 heteroatoms. The molecule has 0 bridgehead atoms. The van der Waals surface area contributed by atoms with Gasteiger partial charge in [-0.2, -0.15) is 0 Å². The molecule has 0 heterocycles. The van der Waals surface area contributed by atoms with E-state index in [4.69, 9.17) is 0 Å². The summed E-state index contributed by atoms with van der Waals surface area (Å²) in [6.45, 7) is 15.0. The van der Waals surface area contributed by atoms with E-state index >= 15 is 0 Å². The molecule has 0 aromatic heterocycles. The van der Waals surface area contributed by atoms with Gasteiger partial charge in [0.25, 0.3) is 0 Å². The third kappa shape index (κ3) is 10.2. The Kier molecular flexibility index (Phi) is 13.1. The molecule has 3 N–H and O–H groups in total. The Morgan fingerprint density at radius 2 is 1.55 bits per heavy atom. The van der Waals surface area contributed by atoms with Crippen molar-refractivity contribution in [3.05, 3.63) is 65.2 Å². The lowest BCUT2D eigenvalue weighted by Crippen LogP contribution is -2.52. The van der Waals surface area contributed by atoms with Crippen LogP contribution in [0.1, 0.15) is 64.2 Å². The Bertz CT molecular complexity index is 849. The van der Waals surface area contributed by atoms with Crippen LogP contribution in [0.3, 0.4) is 0 Å². The third-order valence-electron chi connectivity index (χ3n) is 5.44. The number of likely N-dealkylation sites (N-methyl/N-ethyl adjacent to an activating group) is 1. The van der Waals surface area contributed by atoms with Crippen LogP contribution in [0.25, 0.3) is 0 Å². The molecule has 33 heavy (non-hydrogen) atoms. The Hall–Kier alpha value is -2.66. The van der Waals surface area contributed by atoms with Crippen molar-refractivity contribution in [2.75, 3.05) is 11.9 Å². The maximum absolute atomic E-state index is 13.1. The maximum atomic E-state index is 13.1. The van der Waals surface area contributed by atoms with Crippen molar-refractivity contribution in [1.82, 2.24) is 10.6 Å². The zero-order valence-electron chi connectivity index (χ0n) is 21.5. The van der Waals surface area contributed by atoms with Crippen molar-refractivity contribution >= 4 is 17.5 Å². The van der Waals surface area contributed by atoms with E-state index in [0.29, 0.717) is 19.4 Å². The number of rotatable bonds is 11. The number of carbonyl (C=O) groups is 2. The van der Waals surface area contributed by atoms with Gasteiger partial charge in [-0.25, -0.2) is 0 Å². The predicted octanol–water partition coefficient (Wildman–Crippen LogP) is 5.41. The molecule has 0 fully saturated rings. The molecule has 0 saturated carbocycles. The first kappa shape index (κ1) is 28.4. The molecule has 5 nitrogen and oxygen atoms in total. The van der Waals surface area contributed by atoms with Gasteiger partial charge in [0, 0.05) is 5.69 Å². The van der Waals surface area contributed by atoms with Gasteiger partial charge in [0.15, 0.2) is 0 Å². The van der Waals surface area contributed by atoms with Gasteiger partial charge in [0.1, 0.15) is 6.04 Å². The van der Waals surface area contributed by atoms with Crippen molar-refractivity contribution < 1.29 is 9.59 Å². The van der Waals surface area contributed by atoms with Gasteiger partial charge < -0.3 is 16.0 Å². The van der Waals surface area contributed by atoms with Gasteiger partial charge in [-0.3, -0.25) is 9.59 Å². The average molecular weight is 454 g/mol. The quantitative estimate of drug-likeness (QED) is 0.426. The summed E-state index contributed by atoms with van der Waals surface area (Å²) in [5.41, 5.74) is 4.48. The first-order chi connectivity index (χ1) is 15.8. The van der Waals surface area contributed by atoms with Gasteiger partial charge in [-0.1, -0.05) is 71.0 Å². The fraction of sp³-hybridized carbons (Fsp3) is 0.500. The molecule has 0 aliphatic rings. The van der Waals surface area contributed by atoms with E-state index in [1.165, 1.54) is 16.7 Å². The van der Waals surface area contributed by atoms with E-state index in [-0.39, 0.29) is 23.8 Å². The van der Waals surface area contributed by atoms with Crippen molar-refractivity contribution in [1.29, 1.82) is 0 Å². The molecule has 2 aromatic rings. The van der Waals surface area contributed by atoms with E-state index < -0.39 is 6.04 Å². The van der Waals surface area contributed by atoms with Crippen molar-refractivity contribution in [3.63, 3.8) is 0 Å². The zero-order chi connectivity index (χ0) is 24.8. The zero-order valence-corrected chi connectivity index (χ0v) is 21.5.